The first kappa shape index (κ1) is 18.9. The van der Waals surface area contributed by atoms with E-state index in [1.165, 1.54) is 0 Å². The van der Waals surface area contributed by atoms with Gasteiger partial charge in [-0.3, -0.25) is 14.9 Å². The van der Waals surface area contributed by atoms with Crippen molar-refractivity contribution in [3.05, 3.63) is 69.4 Å². The third-order valence-corrected chi connectivity index (χ3v) is 4.47. The van der Waals surface area contributed by atoms with Crippen LogP contribution in [0.5, 0.6) is 5.88 Å². The number of hydrogen-bond donors (Lipinski definition) is 3. The van der Waals surface area contributed by atoms with Crippen molar-refractivity contribution in [2.24, 2.45) is 0 Å². The molecule has 2 amide bonds. The largest absolute Gasteiger partial charge is 0.414 e. The third-order valence-electron chi connectivity index (χ3n) is 3.41. The fourth-order valence-corrected chi connectivity index (χ4v) is 2.67. The molecule has 3 rings (SSSR count). The molecule has 2 aromatic heterocycles. The second-order valence-corrected chi connectivity index (χ2v) is 6.45. The number of carbonyl (C=O) groups excluding carboxylic acids is 2. The van der Waals surface area contributed by atoms with Crippen LogP contribution in [0.3, 0.4) is 0 Å². The molecule has 8 nitrogen and oxygen atoms in total. The molecule has 0 aliphatic carbocycles. The first-order chi connectivity index (χ1) is 13.0. The fraction of sp³-hybridized carbons (Fsp3) is 0.0588. The Morgan fingerprint density at radius 2 is 1.93 bits per heavy atom. The molecule has 0 bridgehead atoms. The van der Waals surface area contributed by atoms with Crippen LogP contribution in [0.25, 0.3) is 0 Å². The van der Waals surface area contributed by atoms with E-state index in [-0.39, 0.29) is 18.2 Å². The third kappa shape index (κ3) is 4.83. The van der Waals surface area contributed by atoms with Crippen LogP contribution in [0.1, 0.15) is 15.9 Å². The second kappa shape index (κ2) is 8.65. The number of aromatic nitrogens is 3. The highest BCUT2D eigenvalue weighted by Crippen LogP contribution is 2.30. The number of benzene rings is 1. The molecular weight excluding hydrogens is 438 g/mol. The zero-order valence-electron chi connectivity index (χ0n) is 13.7. The molecule has 10 heteroatoms. The van der Waals surface area contributed by atoms with Gasteiger partial charge in [-0.2, -0.15) is 0 Å². The van der Waals surface area contributed by atoms with Gasteiger partial charge in [0.05, 0.1) is 10.6 Å². The molecule has 0 saturated carbocycles. The van der Waals surface area contributed by atoms with Crippen molar-refractivity contribution in [3.8, 4) is 5.88 Å². The maximum Gasteiger partial charge on any atom is 0.414 e. The highest BCUT2D eigenvalue weighted by molar-refractivity contribution is 9.10. The number of H-pyrrole nitrogens is 1. The number of amides is 2. The molecule has 0 fully saturated rings. The summed E-state index contributed by atoms with van der Waals surface area (Å²) in [7, 11) is 0. The SMILES string of the molecule is O=C(NCc1ccncc1)Oc1n[nH]c(NC(=O)c2ccccc2Cl)c1Br. The Balaban J connectivity index is 1.60. The Morgan fingerprint density at radius 3 is 2.67 bits per heavy atom. The van der Waals surface area contributed by atoms with Gasteiger partial charge in [0.1, 0.15) is 10.3 Å². The number of nitrogens with one attached hydrogen (secondary N) is 3. The summed E-state index contributed by atoms with van der Waals surface area (Å²) in [4.78, 5) is 28.1. The van der Waals surface area contributed by atoms with Gasteiger partial charge >= 0.3 is 6.09 Å². The summed E-state index contributed by atoms with van der Waals surface area (Å²) in [5.41, 5.74) is 1.17. The van der Waals surface area contributed by atoms with E-state index in [0.717, 1.165) is 5.56 Å². The predicted molar refractivity (Wildman–Crippen MR) is 103 cm³/mol. The molecule has 0 radical (unpaired) electrons. The van der Waals surface area contributed by atoms with E-state index in [9.17, 15) is 9.59 Å². The van der Waals surface area contributed by atoms with E-state index in [0.29, 0.717) is 15.1 Å². The maximum absolute atomic E-state index is 12.3. The summed E-state index contributed by atoms with van der Waals surface area (Å²) in [6.45, 7) is 0.277. The van der Waals surface area contributed by atoms with E-state index in [1.807, 2.05) is 0 Å². The van der Waals surface area contributed by atoms with Crippen molar-refractivity contribution >= 4 is 45.3 Å². The number of ether oxygens (including phenoxy) is 1. The van der Waals surface area contributed by atoms with Crippen LogP contribution in [0.15, 0.2) is 53.3 Å². The van der Waals surface area contributed by atoms with E-state index >= 15 is 0 Å². The minimum Gasteiger partial charge on any atom is -0.388 e. The Kier molecular flexibility index (Phi) is 6.05. The lowest BCUT2D eigenvalue weighted by Gasteiger charge is -2.06. The lowest BCUT2D eigenvalue weighted by atomic mass is 10.2. The van der Waals surface area contributed by atoms with Gasteiger partial charge in [-0.15, -0.1) is 5.10 Å². The van der Waals surface area contributed by atoms with Gasteiger partial charge in [-0.1, -0.05) is 23.7 Å². The van der Waals surface area contributed by atoms with Crippen molar-refractivity contribution in [3.63, 3.8) is 0 Å². The van der Waals surface area contributed by atoms with Crippen LogP contribution >= 0.6 is 27.5 Å². The zero-order chi connectivity index (χ0) is 19.2. The number of hydrogen-bond acceptors (Lipinski definition) is 5. The van der Waals surface area contributed by atoms with Crippen molar-refractivity contribution in [1.82, 2.24) is 20.5 Å². The standard InChI is InChI=1S/C17H13BrClN5O3/c18-13-14(22-15(25)11-3-1-2-4-12(11)19)23-24-16(13)27-17(26)21-9-10-5-7-20-8-6-10/h1-8H,9H2,(H,21,26)(H2,22,23,24,25). The molecule has 2 heterocycles. The Labute approximate surface area is 167 Å². The van der Waals surface area contributed by atoms with Gasteiger partial charge in [0, 0.05) is 18.9 Å². The minimum atomic E-state index is -0.692. The number of anilines is 1. The Bertz CT molecular complexity index is 964. The van der Waals surface area contributed by atoms with Crippen LogP contribution in [0.4, 0.5) is 10.6 Å². The predicted octanol–water partition coefficient (Wildman–Crippen LogP) is 3.76. The lowest BCUT2D eigenvalue weighted by molar-refractivity contribution is 0.102. The van der Waals surface area contributed by atoms with E-state index in [2.05, 4.69) is 41.7 Å². The number of carbonyl (C=O) groups is 2. The lowest BCUT2D eigenvalue weighted by Crippen LogP contribution is -2.26. The summed E-state index contributed by atoms with van der Waals surface area (Å²) < 4.78 is 5.42. The molecule has 27 heavy (non-hydrogen) atoms. The second-order valence-electron chi connectivity index (χ2n) is 5.25. The van der Waals surface area contributed by atoms with E-state index < -0.39 is 12.0 Å². The van der Waals surface area contributed by atoms with Gasteiger partial charge in [-0.05, 0) is 45.8 Å². The quantitative estimate of drug-likeness (QED) is 0.548. The monoisotopic (exact) mass is 449 g/mol. The number of aromatic amines is 1. The fourth-order valence-electron chi connectivity index (χ4n) is 2.09. The summed E-state index contributed by atoms with van der Waals surface area (Å²) in [6.07, 6.45) is 2.56. The topological polar surface area (TPSA) is 109 Å². The van der Waals surface area contributed by atoms with E-state index in [1.54, 1.807) is 48.8 Å². The van der Waals surface area contributed by atoms with Crippen LogP contribution in [0, 0.1) is 0 Å². The van der Waals surface area contributed by atoms with Crippen molar-refractivity contribution in [1.29, 1.82) is 0 Å². The number of rotatable bonds is 5. The highest BCUT2D eigenvalue weighted by Gasteiger charge is 2.18. The molecule has 0 atom stereocenters. The average Bonchev–Trinajstić information content (AvgIpc) is 3.01. The molecule has 138 valence electrons. The van der Waals surface area contributed by atoms with Gasteiger partial charge < -0.3 is 15.4 Å². The number of nitrogens with zero attached hydrogens (tertiary/aromatic N) is 2. The Morgan fingerprint density at radius 1 is 1.19 bits per heavy atom. The highest BCUT2D eigenvalue weighted by atomic mass is 79.9. The van der Waals surface area contributed by atoms with Gasteiger partial charge in [-0.25, -0.2) is 4.79 Å². The van der Waals surface area contributed by atoms with Crippen LogP contribution in [-0.4, -0.2) is 27.2 Å². The van der Waals surface area contributed by atoms with Crippen LogP contribution in [0.2, 0.25) is 5.02 Å². The van der Waals surface area contributed by atoms with Crippen molar-refractivity contribution in [2.45, 2.75) is 6.54 Å². The number of pyridine rings is 1. The maximum atomic E-state index is 12.3. The molecule has 0 aliphatic rings. The van der Waals surface area contributed by atoms with Gasteiger partial charge in [0.15, 0.2) is 0 Å². The molecular formula is C17H13BrClN5O3. The van der Waals surface area contributed by atoms with Crippen molar-refractivity contribution in [2.75, 3.05) is 5.32 Å². The van der Waals surface area contributed by atoms with Gasteiger partial charge in [0.25, 0.3) is 11.8 Å². The van der Waals surface area contributed by atoms with Crippen molar-refractivity contribution < 1.29 is 14.3 Å². The smallest absolute Gasteiger partial charge is 0.388 e. The normalized spacial score (nSPS) is 10.3. The minimum absolute atomic E-state index is 0.0170. The van der Waals surface area contributed by atoms with Crippen LogP contribution < -0.4 is 15.4 Å². The van der Waals surface area contributed by atoms with Gasteiger partial charge in [0.2, 0.25) is 0 Å². The first-order valence-electron chi connectivity index (χ1n) is 7.69. The average molecular weight is 451 g/mol. The summed E-state index contributed by atoms with van der Waals surface area (Å²) in [6, 6.07) is 10.2. The van der Waals surface area contributed by atoms with Crippen LogP contribution in [-0.2, 0) is 6.54 Å². The number of halogens is 2. The summed E-state index contributed by atoms with van der Waals surface area (Å²) >= 11 is 9.25. The molecule has 0 unspecified atom stereocenters. The molecule has 0 spiro atoms. The zero-order valence-corrected chi connectivity index (χ0v) is 16.0. The summed E-state index contributed by atoms with van der Waals surface area (Å²) in [5, 5.41) is 12.0. The first-order valence-corrected chi connectivity index (χ1v) is 8.86. The Hall–Kier alpha value is -2.91. The molecule has 3 aromatic rings. The molecule has 0 saturated heterocycles. The molecule has 1 aromatic carbocycles. The summed E-state index contributed by atoms with van der Waals surface area (Å²) in [5.74, 6) is -0.216. The molecule has 3 N–H and O–H groups in total. The molecule has 0 aliphatic heterocycles. The van der Waals surface area contributed by atoms with E-state index in [4.69, 9.17) is 16.3 Å².